The van der Waals surface area contributed by atoms with Crippen LogP contribution in [0.15, 0.2) is 41.8 Å². The van der Waals surface area contributed by atoms with Crippen molar-refractivity contribution in [2.24, 2.45) is 0 Å². The quantitative estimate of drug-likeness (QED) is 0.325. The minimum atomic E-state index is -0.343. The van der Waals surface area contributed by atoms with Crippen LogP contribution in [0.4, 0.5) is 5.13 Å². The number of hydrogen-bond donors (Lipinski definition) is 3. The Kier molecular flexibility index (Phi) is 6.92. The molecular formula is C25H26N4O5S. The Morgan fingerprint density at radius 2 is 1.74 bits per heavy atom. The van der Waals surface area contributed by atoms with Gasteiger partial charge in [0.15, 0.2) is 16.6 Å². The number of amides is 2. The number of ether oxygens (including phenoxy) is 3. The van der Waals surface area contributed by atoms with E-state index in [4.69, 9.17) is 14.2 Å². The van der Waals surface area contributed by atoms with Crippen molar-refractivity contribution in [3.8, 4) is 28.5 Å². The van der Waals surface area contributed by atoms with E-state index in [1.165, 1.54) is 32.5 Å². The molecule has 0 aliphatic rings. The second-order valence-corrected chi connectivity index (χ2v) is 8.68. The number of benzene rings is 2. The van der Waals surface area contributed by atoms with Crippen LogP contribution in [-0.2, 0) is 4.79 Å². The maximum absolute atomic E-state index is 13.0. The van der Waals surface area contributed by atoms with Crippen molar-refractivity contribution in [2.45, 2.75) is 19.9 Å². The number of thiazole rings is 1. The highest BCUT2D eigenvalue weighted by Gasteiger charge is 2.20. The first kappa shape index (κ1) is 24.1. The highest BCUT2D eigenvalue weighted by Crippen LogP contribution is 2.41. The largest absolute Gasteiger partial charge is 0.496 e. The van der Waals surface area contributed by atoms with Gasteiger partial charge in [0.05, 0.1) is 38.6 Å². The number of carbonyl (C=O) groups excluding carboxylic acids is 2. The minimum Gasteiger partial charge on any atom is -0.496 e. The van der Waals surface area contributed by atoms with Crippen molar-refractivity contribution >= 4 is 39.2 Å². The molecule has 0 saturated heterocycles. The molecule has 1 atom stereocenters. The summed E-state index contributed by atoms with van der Waals surface area (Å²) in [6.45, 7) is 3.42. The third-order valence-electron chi connectivity index (χ3n) is 5.54. The molecule has 0 radical (unpaired) electrons. The van der Waals surface area contributed by atoms with E-state index in [-0.39, 0.29) is 17.9 Å². The van der Waals surface area contributed by atoms with Crippen molar-refractivity contribution in [1.82, 2.24) is 15.3 Å². The first-order chi connectivity index (χ1) is 16.8. The highest BCUT2D eigenvalue weighted by molar-refractivity contribution is 7.14. The second-order valence-electron chi connectivity index (χ2n) is 7.82. The third-order valence-corrected chi connectivity index (χ3v) is 6.29. The van der Waals surface area contributed by atoms with Crippen LogP contribution >= 0.6 is 11.3 Å². The maximum atomic E-state index is 13.0. The molecule has 35 heavy (non-hydrogen) atoms. The topological polar surface area (TPSA) is 115 Å². The van der Waals surface area contributed by atoms with Crippen LogP contribution in [0, 0.1) is 0 Å². The third kappa shape index (κ3) is 4.92. The molecule has 2 heterocycles. The van der Waals surface area contributed by atoms with Crippen molar-refractivity contribution in [3.05, 3.63) is 53.0 Å². The van der Waals surface area contributed by atoms with E-state index in [9.17, 15) is 9.59 Å². The monoisotopic (exact) mass is 494 g/mol. The maximum Gasteiger partial charge on any atom is 0.273 e. The van der Waals surface area contributed by atoms with Crippen molar-refractivity contribution < 1.29 is 23.8 Å². The fraction of sp³-hybridized carbons (Fsp3) is 0.240. The number of rotatable bonds is 8. The predicted molar refractivity (Wildman–Crippen MR) is 136 cm³/mol. The Balaban J connectivity index is 1.54. The molecule has 4 aromatic rings. The fourth-order valence-electron chi connectivity index (χ4n) is 3.82. The van der Waals surface area contributed by atoms with E-state index < -0.39 is 0 Å². The van der Waals surface area contributed by atoms with E-state index in [0.717, 1.165) is 16.8 Å². The molecule has 2 aromatic carbocycles. The molecule has 0 spiro atoms. The Bertz CT molecular complexity index is 1380. The van der Waals surface area contributed by atoms with Crippen LogP contribution < -0.4 is 24.8 Å². The number of hydrogen-bond acceptors (Lipinski definition) is 7. The summed E-state index contributed by atoms with van der Waals surface area (Å²) in [5.41, 5.74) is 3.58. The fourth-order valence-corrected chi connectivity index (χ4v) is 4.53. The number of aromatic nitrogens is 2. The molecule has 0 fully saturated rings. The smallest absolute Gasteiger partial charge is 0.273 e. The van der Waals surface area contributed by atoms with Crippen molar-refractivity contribution in [1.29, 1.82) is 0 Å². The van der Waals surface area contributed by atoms with Gasteiger partial charge in [-0.05, 0) is 18.6 Å². The van der Waals surface area contributed by atoms with Crippen LogP contribution in [0.3, 0.4) is 0 Å². The van der Waals surface area contributed by atoms with Gasteiger partial charge in [0.1, 0.15) is 11.4 Å². The van der Waals surface area contributed by atoms with Gasteiger partial charge in [-0.15, -0.1) is 11.3 Å². The molecule has 0 bridgehead atoms. The van der Waals surface area contributed by atoms with Gasteiger partial charge in [-0.25, -0.2) is 4.98 Å². The first-order valence-corrected chi connectivity index (χ1v) is 11.7. The lowest BCUT2D eigenvalue weighted by molar-refractivity contribution is -0.119. The number of nitrogens with one attached hydrogen (secondary N) is 3. The minimum absolute atomic E-state index is 0.0764. The summed E-state index contributed by atoms with van der Waals surface area (Å²) < 4.78 is 16.3. The van der Waals surface area contributed by atoms with Gasteiger partial charge < -0.3 is 24.5 Å². The van der Waals surface area contributed by atoms with E-state index >= 15 is 0 Å². The molecule has 4 rings (SSSR count). The number of anilines is 1. The Labute approximate surface area is 206 Å². The summed E-state index contributed by atoms with van der Waals surface area (Å²) in [4.78, 5) is 31.9. The standard InChI is InChI=1S/C25H26N4O5S/c1-13(26-14(2)30)15-6-8-16(9-7-15)19-12-35-25(28-19)29-24(31)18-10-17-20(32-3)11-21(33-4)23(34-5)22(17)27-18/h6-13,27H,1-5H3,(H,26,30)(H,28,29,31). The molecule has 1 unspecified atom stereocenters. The molecule has 0 aliphatic heterocycles. The zero-order valence-corrected chi connectivity index (χ0v) is 20.8. The average Bonchev–Trinajstić information content (AvgIpc) is 3.50. The van der Waals surface area contributed by atoms with Gasteiger partial charge in [0.2, 0.25) is 5.91 Å². The molecule has 182 valence electrons. The van der Waals surface area contributed by atoms with Gasteiger partial charge >= 0.3 is 0 Å². The van der Waals surface area contributed by atoms with Crippen LogP contribution in [0.1, 0.15) is 35.9 Å². The van der Waals surface area contributed by atoms with Crippen molar-refractivity contribution in [2.75, 3.05) is 26.6 Å². The van der Waals surface area contributed by atoms with Crippen LogP contribution in [-0.4, -0.2) is 43.1 Å². The molecule has 0 saturated carbocycles. The van der Waals surface area contributed by atoms with E-state index in [0.29, 0.717) is 39.0 Å². The average molecular weight is 495 g/mol. The molecule has 3 N–H and O–H groups in total. The van der Waals surface area contributed by atoms with Gasteiger partial charge in [-0.3, -0.25) is 14.9 Å². The van der Waals surface area contributed by atoms with E-state index in [1.54, 1.807) is 19.2 Å². The Morgan fingerprint density at radius 1 is 1.03 bits per heavy atom. The van der Waals surface area contributed by atoms with E-state index in [2.05, 4.69) is 20.6 Å². The predicted octanol–water partition coefficient (Wildman–Crippen LogP) is 4.77. The lowest BCUT2D eigenvalue weighted by Gasteiger charge is -2.12. The summed E-state index contributed by atoms with van der Waals surface area (Å²) in [5.74, 6) is 1.11. The van der Waals surface area contributed by atoms with E-state index in [1.807, 2.05) is 36.6 Å². The molecule has 2 aromatic heterocycles. The van der Waals surface area contributed by atoms with Crippen molar-refractivity contribution in [3.63, 3.8) is 0 Å². The summed E-state index contributed by atoms with van der Waals surface area (Å²) >= 11 is 1.33. The normalized spacial score (nSPS) is 11.7. The van der Waals surface area contributed by atoms with Gasteiger partial charge in [-0.1, -0.05) is 24.3 Å². The van der Waals surface area contributed by atoms with Gasteiger partial charge in [-0.2, -0.15) is 0 Å². The molecular weight excluding hydrogens is 468 g/mol. The number of nitrogens with zero attached hydrogens (tertiary/aromatic N) is 1. The number of H-pyrrole nitrogens is 1. The number of carbonyl (C=O) groups is 2. The number of aromatic amines is 1. The second kappa shape index (κ2) is 10.1. The zero-order chi connectivity index (χ0) is 25.1. The summed E-state index contributed by atoms with van der Waals surface area (Å²) in [6.07, 6.45) is 0. The molecule has 10 heteroatoms. The molecule has 2 amide bonds. The summed E-state index contributed by atoms with van der Waals surface area (Å²) in [6, 6.07) is 11.1. The SMILES string of the molecule is COc1cc(OC)c2cc(C(=O)Nc3nc(-c4ccc(C(C)NC(C)=O)cc4)cs3)[nH]c2c1OC. The Hall–Kier alpha value is -4.05. The van der Waals surface area contributed by atoms with Crippen LogP contribution in [0.2, 0.25) is 0 Å². The zero-order valence-electron chi connectivity index (χ0n) is 20.0. The van der Waals surface area contributed by atoms with Gasteiger partial charge in [0.25, 0.3) is 5.91 Å². The first-order valence-electron chi connectivity index (χ1n) is 10.8. The molecule has 0 aliphatic carbocycles. The Morgan fingerprint density at radius 3 is 2.37 bits per heavy atom. The van der Waals surface area contributed by atoms with Crippen LogP contribution in [0.5, 0.6) is 17.2 Å². The number of fused-ring (bicyclic) bond motifs is 1. The summed E-state index contributed by atoms with van der Waals surface area (Å²) in [5, 5.41) is 8.75. The summed E-state index contributed by atoms with van der Waals surface area (Å²) in [7, 11) is 4.63. The molecule has 9 nitrogen and oxygen atoms in total. The lowest BCUT2D eigenvalue weighted by atomic mass is 10.1. The number of methoxy groups -OCH3 is 3. The van der Waals surface area contributed by atoms with Gasteiger partial charge in [0, 0.05) is 29.3 Å². The highest BCUT2D eigenvalue weighted by atomic mass is 32.1. The van der Waals surface area contributed by atoms with Crippen LogP contribution in [0.25, 0.3) is 22.2 Å². The lowest BCUT2D eigenvalue weighted by Crippen LogP contribution is -2.23.